The van der Waals surface area contributed by atoms with Gasteiger partial charge < -0.3 is 4.74 Å². The molecule has 3 nitrogen and oxygen atoms in total. The molecule has 0 fully saturated rings. The number of unbranched alkanes of at least 4 members (excludes halogenated alkanes) is 2. The van der Waals surface area contributed by atoms with E-state index in [4.69, 9.17) is 4.74 Å². The maximum Gasteiger partial charge on any atom is 0.338 e. The van der Waals surface area contributed by atoms with Gasteiger partial charge in [0.15, 0.2) is 5.78 Å². The van der Waals surface area contributed by atoms with Crippen LogP contribution in [-0.2, 0) is 4.74 Å². The summed E-state index contributed by atoms with van der Waals surface area (Å²) in [6, 6.07) is 6.54. The third kappa shape index (κ3) is 4.39. The third-order valence-electron chi connectivity index (χ3n) is 2.51. The van der Waals surface area contributed by atoms with Crippen LogP contribution in [0.15, 0.2) is 24.3 Å². The van der Waals surface area contributed by atoms with Crippen molar-refractivity contribution in [2.45, 2.75) is 33.1 Å². The summed E-state index contributed by atoms with van der Waals surface area (Å²) >= 11 is 0. The predicted octanol–water partition coefficient (Wildman–Crippen LogP) is 3.24. The Morgan fingerprint density at radius 2 is 1.65 bits per heavy atom. The molecule has 1 aromatic carbocycles. The molecule has 0 aliphatic carbocycles. The molecule has 0 aromatic heterocycles. The van der Waals surface area contributed by atoms with Gasteiger partial charge in [-0.15, -0.1) is 0 Å². The summed E-state index contributed by atoms with van der Waals surface area (Å²) in [5.41, 5.74) is 1.10. The van der Waals surface area contributed by atoms with Gasteiger partial charge in [0.1, 0.15) is 0 Å². The Morgan fingerprint density at radius 3 is 2.18 bits per heavy atom. The van der Waals surface area contributed by atoms with Crippen LogP contribution >= 0.6 is 0 Å². The number of rotatable bonds is 6. The Balaban J connectivity index is 2.49. The predicted molar refractivity (Wildman–Crippen MR) is 66.3 cm³/mol. The van der Waals surface area contributed by atoms with Gasteiger partial charge in [-0.2, -0.15) is 0 Å². The van der Waals surface area contributed by atoms with Crippen LogP contribution in [0.1, 0.15) is 53.8 Å². The SMILES string of the molecule is CCCCCOC(=O)c1ccc(C(C)=O)cc1. The van der Waals surface area contributed by atoms with Gasteiger partial charge in [0.2, 0.25) is 0 Å². The summed E-state index contributed by atoms with van der Waals surface area (Å²) in [5, 5.41) is 0. The van der Waals surface area contributed by atoms with Gasteiger partial charge in [-0.05, 0) is 25.5 Å². The molecule has 0 aliphatic heterocycles. The van der Waals surface area contributed by atoms with Crippen LogP contribution in [0.2, 0.25) is 0 Å². The summed E-state index contributed by atoms with van der Waals surface area (Å²) in [7, 11) is 0. The van der Waals surface area contributed by atoms with Crippen molar-refractivity contribution < 1.29 is 14.3 Å². The van der Waals surface area contributed by atoms with Gasteiger partial charge in [0.25, 0.3) is 0 Å². The Labute approximate surface area is 102 Å². The first-order valence-corrected chi connectivity index (χ1v) is 5.93. The van der Waals surface area contributed by atoms with Gasteiger partial charge >= 0.3 is 5.97 Å². The molecule has 0 saturated carbocycles. The number of hydrogen-bond acceptors (Lipinski definition) is 3. The Hall–Kier alpha value is -1.64. The summed E-state index contributed by atoms with van der Waals surface area (Å²) in [5.74, 6) is -0.330. The highest BCUT2D eigenvalue weighted by atomic mass is 16.5. The second kappa shape index (κ2) is 6.84. The van der Waals surface area contributed by atoms with Crippen LogP contribution in [-0.4, -0.2) is 18.4 Å². The second-order valence-electron chi connectivity index (χ2n) is 3.98. The highest BCUT2D eigenvalue weighted by Crippen LogP contribution is 2.07. The number of Topliss-reactive ketones (excluding diaryl/α,β-unsaturated/α-hetero) is 1. The van der Waals surface area contributed by atoms with Crippen molar-refractivity contribution in [2.24, 2.45) is 0 Å². The average molecular weight is 234 g/mol. The monoisotopic (exact) mass is 234 g/mol. The van der Waals surface area contributed by atoms with E-state index in [1.165, 1.54) is 6.92 Å². The molecule has 92 valence electrons. The topological polar surface area (TPSA) is 43.4 Å². The van der Waals surface area contributed by atoms with Crippen LogP contribution in [0, 0.1) is 0 Å². The van der Waals surface area contributed by atoms with Crippen LogP contribution in [0.25, 0.3) is 0 Å². The smallest absolute Gasteiger partial charge is 0.338 e. The molecule has 17 heavy (non-hydrogen) atoms. The molecular weight excluding hydrogens is 216 g/mol. The number of ketones is 1. The molecule has 0 N–H and O–H groups in total. The van der Waals surface area contributed by atoms with Crippen molar-refractivity contribution in [3.05, 3.63) is 35.4 Å². The lowest BCUT2D eigenvalue weighted by atomic mass is 10.1. The first kappa shape index (κ1) is 13.4. The standard InChI is InChI=1S/C14H18O3/c1-3-4-5-10-17-14(16)13-8-6-12(7-9-13)11(2)15/h6-9H,3-5,10H2,1-2H3. The van der Waals surface area contributed by atoms with E-state index in [1.807, 2.05) is 0 Å². The van der Waals surface area contributed by atoms with Gasteiger partial charge in [-0.25, -0.2) is 4.79 Å². The third-order valence-corrected chi connectivity index (χ3v) is 2.51. The van der Waals surface area contributed by atoms with Crippen molar-refractivity contribution in [1.82, 2.24) is 0 Å². The molecule has 3 heteroatoms. The van der Waals surface area contributed by atoms with E-state index < -0.39 is 0 Å². The number of carbonyl (C=O) groups is 2. The van der Waals surface area contributed by atoms with Gasteiger partial charge in [0.05, 0.1) is 12.2 Å². The highest BCUT2D eigenvalue weighted by Gasteiger charge is 2.07. The zero-order valence-corrected chi connectivity index (χ0v) is 10.4. The fraction of sp³-hybridized carbons (Fsp3) is 0.429. The quantitative estimate of drug-likeness (QED) is 0.431. The summed E-state index contributed by atoms with van der Waals surface area (Å²) < 4.78 is 5.11. The summed E-state index contributed by atoms with van der Waals surface area (Å²) in [4.78, 5) is 22.6. The molecule has 1 rings (SSSR count). The molecular formula is C14H18O3. The average Bonchev–Trinajstić information content (AvgIpc) is 2.34. The van der Waals surface area contributed by atoms with Crippen molar-refractivity contribution in [3.8, 4) is 0 Å². The lowest BCUT2D eigenvalue weighted by Gasteiger charge is -2.04. The largest absolute Gasteiger partial charge is 0.462 e. The molecule has 0 bridgehead atoms. The molecule has 1 aromatic rings. The van der Waals surface area contributed by atoms with E-state index in [-0.39, 0.29) is 11.8 Å². The van der Waals surface area contributed by atoms with Crippen LogP contribution < -0.4 is 0 Å². The lowest BCUT2D eigenvalue weighted by molar-refractivity contribution is 0.0498. The van der Waals surface area contributed by atoms with Crippen molar-refractivity contribution in [3.63, 3.8) is 0 Å². The zero-order valence-electron chi connectivity index (χ0n) is 10.4. The van der Waals surface area contributed by atoms with E-state index in [2.05, 4.69) is 6.92 Å². The van der Waals surface area contributed by atoms with Crippen LogP contribution in [0.5, 0.6) is 0 Å². The molecule has 0 heterocycles. The minimum absolute atomic E-state index is 0.00661. The van der Waals surface area contributed by atoms with Gasteiger partial charge in [-0.1, -0.05) is 31.9 Å². The molecule has 0 atom stereocenters. The molecule has 0 aliphatic rings. The van der Waals surface area contributed by atoms with Gasteiger partial charge in [0, 0.05) is 5.56 Å². The van der Waals surface area contributed by atoms with E-state index in [1.54, 1.807) is 24.3 Å². The number of carbonyl (C=O) groups excluding carboxylic acids is 2. The fourth-order valence-corrected chi connectivity index (χ4v) is 1.44. The Morgan fingerprint density at radius 1 is 1.06 bits per heavy atom. The molecule has 0 radical (unpaired) electrons. The van der Waals surface area contributed by atoms with Crippen molar-refractivity contribution in [1.29, 1.82) is 0 Å². The first-order valence-electron chi connectivity index (χ1n) is 5.93. The fourth-order valence-electron chi connectivity index (χ4n) is 1.44. The van der Waals surface area contributed by atoms with Gasteiger partial charge in [-0.3, -0.25) is 4.79 Å². The van der Waals surface area contributed by atoms with E-state index >= 15 is 0 Å². The highest BCUT2D eigenvalue weighted by molar-refractivity contribution is 5.96. The first-order chi connectivity index (χ1) is 8.15. The minimum atomic E-state index is -0.323. The van der Waals surface area contributed by atoms with E-state index in [9.17, 15) is 9.59 Å². The second-order valence-corrected chi connectivity index (χ2v) is 3.98. The maximum absolute atomic E-state index is 11.6. The lowest BCUT2D eigenvalue weighted by Crippen LogP contribution is -2.06. The van der Waals surface area contributed by atoms with Crippen molar-refractivity contribution >= 4 is 11.8 Å². The Bertz CT molecular complexity index is 379. The summed E-state index contributed by atoms with van der Waals surface area (Å²) in [6.45, 7) is 4.06. The van der Waals surface area contributed by atoms with E-state index in [0.717, 1.165) is 19.3 Å². The number of benzene rings is 1. The maximum atomic E-state index is 11.6. The van der Waals surface area contributed by atoms with Crippen LogP contribution in [0.4, 0.5) is 0 Å². The zero-order chi connectivity index (χ0) is 12.7. The van der Waals surface area contributed by atoms with E-state index in [0.29, 0.717) is 17.7 Å². The minimum Gasteiger partial charge on any atom is -0.462 e. The molecule has 0 amide bonds. The molecule has 0 saturated heterocycles. The summed E-state index contributed by atoms with van der Waals surface area (Å²) in [6.07, 6.45) is 3.06. The Kier molecular flexibility index (Phi) is 5.40. The number of hydrogen-bond donors (Lipinski definition) is 0. The normalized spacial score (nSPS) is 10.0. The van der Waals surface area contributed by atoms with Crippen LogP contribution in [0.3, 0.4) is 0 Å². The van der Waals surface area contributed by atoms with Crippen molar-refractivity contribution in [2.75, 3.05) is 6.61 Å². The number of ether oxygens (including phenoxy) is 1. The molecule has 0 spiro atoms. The molecule has 0 unspecified atom stereocenters. The number of esters is 1.